The maximum Gasteiger partial charge on any atom is 0.269 e. The van der Waals surface area contributed by atoms with Crippen LogP contribution in [0.25, 0.3) is 0 Å². The van der Waals surface area contributed by atoms with Crippen LogP contribution in [0.5, 0.6) is 0 Å². The number of amides is 3. The molecular weight excluding hydrogens is 422 g/mol. The number of carbonyl (C=O) groups excluding carboxylic acids is 3. The molecule has 1 atom stereocenters. The summed E-state index contributed by atoms with van der Waals surface area (Å²) in [5, 5.41) is 14.0. The van der Waals surface area contributed by atoms with Gasteiger partial charge >= 0.3 is 0 Å². The normalized spacial score (nSPS) is 14.8. The van der Waals surface area contributed by atoms with Gasteiger partial charge in [-0.2, -0.15) is 0 Å². The molecule has 174 valence electrons. The third-order valence-corrected chi connectivity index (χ3v) is 5.45. The molecule has 0 saturated carbocycles. The van der Waals surface area contributed by atoms with Crippen LogP contribution in [-0.4, -0.2) is 39.1 Å². The number of hydrogen-bond acceptors (Lipinski definition) is 5. The van der Waals surface area contributed by atoms with Crippen molar-refractivity contribution in [1.82, 2.24) is 10.2 Å². The van der Waals surface area contributed by atoms with Gasteiger partial charge in [0.2, 0.25) is 5.91 Å². The van der Waals surface area contributed by atoms with Gasteiger partial charge in [-0.15, -0.1) is 0 Å². The predicted molar refractivity (Wildman–Crippen MR) is 124 cm³/mol. The molecule has 1 aliphatic heterocycles. The quantitative estimate of drug-likeness (QED) is 0.387. The molecule has 3 rings (SSSR count). The summed E-state index contributed by atoms with van der Waals surface area (Å²) in [5.74, 6) is -1.49. The molecule has 0 aromatic heterocycles. The fourth-order valence-electron chi connectivity index (χ4n) is 4.56. The van der Waals surface area contributed by atoms with E-state index in [0.717, 1.165) is 4.90 Å². The Balaban J connectivity index is 1.94. The van der Waals surface area contributed by atoms with Gasteiger partial charge in [-0.05, 0) is 43.4 Å². The van der Waals surface area contributed by atoms with Gasteiger partial charge in [-0.3, -0.25) is 29.4 Å². The molecule has 8 nitrogen and oxygen atoms in total. The number of nitrogens with one attached hydrogen (secondary N) is 1. The Hall–Kier alpha value is -3.55. The number of nitro benzene ring substituents is 1. The largest absolute Gasteiger partial charge is 0.349 e. The lowest BCUT2D eigenvalue weighted by Crippen LogP contribution is -2.56. The molecule has 2 aromatic rings. The van der Waals surface area contributed by atoms with Crippen LogP contribution in [0.3, 0.4) is 0 Å². The van der Waals surface area contributed by atoms with Crippen LogP contribution < -0.4 is 5.32 Å². The molecule has 8 heteroatoms. The Bertz CT molecular complexity index is 1060. The Morgan fingerprint density at radius 2 is 1.48 bits per heavy atom. The molecule has 1 unspecified atom stereocenters. The number of non-ortho nitro benzene ring substituents is 1. The molecule has 3 amide bonds. The van der Waals surface area contributed by atoms with Crippen molar-refractivity contribution in [3.8, 4) is 0 Å². The van der Waals surface area contributed by atoms with E-state index >= 15 is 0 Å². The highest BCUT2D eigenvalue weighted by molar-refractivity contribution is 6.22. The molecule has 33 heavy (non-hydrogen) atoms. The zero-order valence-corrected chi connectivity index (χ0v) is 19.5. The SMILES string of the molecule is CC(C)(C)CC(C)(C)NC(=O)C(Cc1ccc([N+](=O)[O-])cc1)N1C(=O)c2ccccc2C1=O. The molecule has 0 spiro atoms. The van der Waals surface area contributed by atoms with E-state index in [9.17, 15) is 24.5 Å². The monoisotopic (exact) mass is 451 g/mol. The number of nitrogens with zero attached hydrogens (tertiary/aromatic N) is 2. The second kappa shape index (κ2) is 8.77. The lowest BCUT2D eigenvalue weighted by Gasteiger charge is -2.35. The smallest absolute Gasteiger partial charge is 0.269 e. The molecule has 0 bridgehead atoms. The molecule has 1 heterocycles. The van der Waals surface area contributed by atoms with Gasteiger partial charge in [0.25, 0.3) is 17.5 Å². The van der Waals surface area contributed by atoms with Crippen molar-refractivity contribution in [1.29, 1.82) is 0 Å². The summed E-state index contributed by atoms with van der Waals surface area (Å²) in [5.41, 5.74) is 0.413. The Labute approximate surface area is 193 Å². The van der Waals surface area contributed by atoms with Crippen LogP contribution in [0.15, 0.2) is 48.5 Å². The first kappa shape index (κ1) is 24.1. The maximum absolute atomic E-state index is 13.5. The van der Waals surface area contributed by atoms with Crippen molar-refractivity contribution in [3.05, 3.63) is 75.3 Å². The van der Waals surface area contributed by atoms with Crippen molar-refractivity contribution in [3.63, 3.8) is 0 Å². The van der Waals surface area contributed by atoms with Crippen molar-refractivity contribution in [2.24, 2.45) is 5.41 Å². The number of benzene rings is 2. The standard InChI is InChI=1S/C25H29N3O5/c1-24(2,3)15-25(4,5)26-21(29)20(14-16-10-12-17(13-11-16)28(32)33)27-22(30)18-8-6-7-9-19(18)23(27)31/h6-13,20H,14-15H2,1-5H3,(H,26,29). The Kier molecular flexibility index (Phi) is 6.40. The lowest BCUT2D eigenvalue weighted by molar-refractivity contribution is -0.384. The fraction of sp³-hybridized carbons (Fsp3) is 0.400. The Morgan fingerprint density at radius 3 is 1.94 bits per heavy atom. The summed E-state index contributed by atoms with van der Waals surface area (Å²) in [6.07, 6.45) is 0.721. The summed E-state index contributed by atoms with van der Waals surface area (Å²) in [7, 11) is 0. The van der Waals surface area contributed by atoms with Gasteiger partial charge < -0.3 is 5.32 Å². The molecule has 1 N–H and O–H groups in total. The first-order valence-corrected chi connectivity index (χ1v) is 10.8. The summed E-state index contributed by atoms with van der Waals surface area (Å²) in [6.45, 7) is 10.0. The maximum atomic E-state index is 13.5. The third-order valence-electron chi connectivity index (χ3n) is 5.45. The summed E-state index contributed by atoms with van der Waals surface area (Å²) in [6, 6.07) is 11.1. The van der Waals surface area contributed by atoms with Crippen molar-refractivity contribution >= 4 is 23.4 Å². The lowest BCUT2D eigenvalue weighted by atomic mass is 9.81. The van der Waals surface area contributed by atoms with E-state index in [2.05, 4.69) is 26.1 Å². The van der Waals surface area contributed by atoms with Gasteiger partial charge in [0, 0.05) is 24.1 Å². The highest BCUT2D eigenvalue weighted by Crippen LogP contribution is 2.29. The van der Waals surface area contributed by atoms with Crippen LogP contribution in [-0.2, 0) is 11.2 Å². The van der Waals surface area contributed by atoms with Gasteiger partial charge in [0.1, 0.15) is 6.04 Å². The number of carbonyl (C=O) groups is 3. The molecule has 2 aromatic carbocycles. The van der Waals surface area contributed by atoms with Crippen LogP contribution in [0.4, 0.5) is 5.69 Å². The average molecular weight is 452 g/mol. The molecule has 0 aliphatic carbocycles. The molecule has 0 fully saturated rings. The van der Waals surface area contributed by atoms with E-state index in [1.54, 1.807) is 24.3 Å². The second-order valence-corrected chi connectivity index (χ2v) is 10.3. The van der Waals surface area contributed by atoms with Crippen molar-refractivity contribution < 1.29 is 19.3 Å². The predicted octanol–water partition coefficient (Wildman–Crippen LogP) is 4.13. The minimum absolute atomic E-state index is 0.0426. The van der Waals surface area contributed by atoms with Gasteiger partial charge in [0.15, 0.2) is 0 Å². The second-order valence-electron chi connectivity index (χ2n) is 10.3. The number of nitro groups is 1. The average Bonchev–Trinajstić information content (AvgIpc) is 2.95. The van der Waals surface area contributed by atoms with E-state index in [4.69, 9.17) is 0 Å². The van der Waals surface area contributed by atoms with Crippen molar-refractivity contribution in [2.75, 3.05) is 0 Å². The van der Waals surface area contributed by atoms with Crippen molar-refractivity contribution in [2.45, 2.75) is 59.0 Å². The third kappa shape index (κ3) is 5.45. The van der Waals surface area contributed by atoms with Gasteiger partial charge in [-0.1, -0.05) is 45.0 Å². The number of imide groups is 1. The van der Waals surface area contributed by atoms with Crippen LogP contribution in [0, 0.1) is 15.5 Å². The van der Waals surface area contributed by atoms with Gasteiger partial charge in [-0.25, -0.2) is 0 Å². The molecule has 1 aliphatic rings. The van der Waals surface area contributed by atoms with E-state index in [1.807, 2.05) is 13.8 Å². The first-order valence-electron chi connectivity index (χ1n) is 10.8. The minimum Gasteiger partial charge on any atom is -0.349 e. The number of fused-ring (bicyclic) bond motifs is 1. The van der Waals surface area contributed by atoms with E-state index in [-0.39, 0.29) is 28.7 Å². The van der Waals surface area contributed by atoms with Crippen LogP contribution in [0.1, 0.15) is 67.3 Å². The van der Waals surface area contributed by atoms with E-state index < -0.39 is 34.2 Å². The molecular formula is C25H29N3O5. The highest BCUT2D eigenvalue weighted by atomic mass is 16.6. The summed E-state index contributed by atoms with van der Waals surface area (Å²) in [4.78, 5) is 51.2. The summed E-state index contributed by atoms with van der Waals surface area (Å²) >= 11 is 0. The van der Waals surface area contributed by atoms with Gasteiger partial charge in [0.05, 0.1) is 16.1 Å². The zero-order chi connectivity index (χ0) is 24.6. The highest BCUT2D eigenvalue weighted by Gasteiger charge is 2.43. The van der Waals surface area contributed by atoms with Crippen LogP contribution >= 0.6 is 0 Å². The Morgan fingerprint density at radius 1 is 0.970 bits per heavy atom. The molecule has 0 radical (unpaired) electrons. The minimum atomic E-state index is -1.10. The van der Waals surface area contributed by atoms with E-state index in [0.29, 0.717) is 12.0 Å². The van der Waals surface area contributed by atoms with Crippen LogP contribution in [0.2, 0.25) is 0 Å². The summed E-state index contributed by atoms with van der Waals surface area (Å²) < 4.78 is 0. The molecule has 0 saturated heterocycles. The number of hydrogen-bond donors (Lipinski definition) is 1. The first-order chi connectivity index (χ1) is 15.3. The zero-order valence-electron chi connectivity index (χ0n) is 19.5. The fourth-order valence-corrected chi connectivity index (χ4v) is 4.56. The van der Waals surface area contributed by atoms with E-state index in [1.165, 1.54) is 24.3 Å². The topological polar surface area (TPSA) is 110 Å². The number of rotatable bonds is 7.